The number of piperidine rings is 1. The molecule has 2 heterocycles. The van der Waals surface area contributed by atoms with Crippen LogP contribution < -0.4 is 10.6 Å². The molecule has 1 fully saturated rings. The average Bonchev–Trinajstić information content (AvgIpc) is 3.32. The van der Waals surface area contributed by atoms with Gasteiger partial charge in [-0.2, -0.15) is 4.98 Å². The van der Waals surface area contributed by atoms with Crippen molar-refractivity contribution in [1.82, 2.24) is 20.4 Å². The Labute approximate surface area is 206 Å². The molecule has 3 aromatic rings. The van der Waals surface area contributed by atoms with E-state index in [2.05, 4.69) is 25.7 Å². The van der Waals surface area contributed by atoms with Gasteiger partial charge >= 0.3 is 0 Å². The second-order valence-electron chi connectivity index (χ2n) is 9.22. The van der Waals surface area contributed by atoms with Crippen molar-refractivity contribution in [3.8, 4) is 11.4 Å². The Morgan fingerprint density at radius 3 is 2.74 bits per heavy atom. The Morgan fingerprint density at radius 1 is 1.17 bits per heavy atom. The molecule has 4 rings (SSSR count). The van der Waals surface area contributed by atoms with Crippen LogP contribution in [0.3, 0.4) is 0 Å². The smallest absolute Gasteiger partial charge is 0.253 e. The molecular weight excluding hydrogens is 442 g/mol. The number of likely N-dealkylation sites (tertiary alicyclic amines) is 1. The van der Waals surface area contributed by atoms with E-state index in [4.69, 9.17) is 4.52 Å². The van der Waals surface area contributed by atoms with Gasteiger partial charge in [0.1, 0.15) is 0 Å². The quantitative estimate of drug-likeness (QED) is 0.500. The number of nitrogens with zero attached hydrogens (tertiary/aromatic N) is 3. The van der Waals surface area contributed by atoms with Crippen LogP contribution in [0.2, 0.25) is 0 Å². The minimum absolute atomic E-state index is 0.0641. The third-order valence-electron chi connectivity index (χ3n) is 6.51. The third-order valence-corrected chi connectivity index (χ3v) is 6.51. The molecule has 8 nitrogen and oxygen atoms in total. The van der Waals surface area contributed by atoms with Crippen molar-refractivity contribution < 1.29 is 14.1 Å². The van der Waals surface area contributed by atoms with Crippen LogP contribution in [0.15, 0.2) is 53.1 Å². The summed E-state index contributed by atoms with van der Waals surface area (Å²) < 4.78 is 5.50. The number of benzene rings is 2. The fourth-order valence-corrected chi connectivity index (χ4v) is 4.29. The molecule has 2 atom stereocenters. The van der Waals surface area contributed by atoms with E-state index in [1.165, 1.54) is 0 Å². The predicted octanol–water partition coefficient (Wildman–Crippen LogP) is 4.42. The normalized spacial score (nSPS) is 17.1. The van der Waals surface area contributed by atoms with Crippen LogP contribution in [0.5, 0.6) is 0 Å². The standard InChI is InChI=1S/C27H33N5O3/c1-4-19(3)28-27(34)22-13-7-8-14-23(22)29-26(33)20-11-9-15-32(16-20)17-24-30-25(31-35-24)21-12-6-5-10-18(21)2/h5-8,10,12-14,19-20H,4,9,11,15-17H2,1-3H3,(H,28,34)(H,29,33). The summed E-state index contributed by atoms with van der Waals surface area (Å²) in [5.41, 5.74) is 3.06. The van der Waals surface area contributed by atoms with E-state index in [9.17, 15) is 9.59 Å². The maximum absolute atomic E-state index is 13.1. The summed E-state index contributed by atoms with van der Waals surface area (Å²) >= 11 is 0. The van der Waals surface area contributed by atoms with Crippen molar-refractivity contribution in [1.29, 1.82) is 0 Å². The molecule has 2 N–H and O–H groups in total. The Kier molecular flexibility index (Phi) is 7.92. The molecule has 1 aliphatic rings. The molecule has 2 aromatic carbocycles. The predicted molar refractivity (Wildman–Crippen MR) is 135 cm³/mol. The first-order valence-electron chi connectivity index (χ1n) is 12.3. The van der Waals surface area contributed by atoms with E-state index in [0.717, 1.165) is 36.9 Å². The topological polar surface area (TPSA) is 100 Å². The number of para-hydroxylation sites is 1. The lowest BCUT2D eigenvalue weighted by molar-refractivity contribution is -0.121. The van der Waals surface area contributed by atoms with Crippen molar-refractivity contribution in [2.24, 2.45) is 5.92 Å². The molecule has 184 valence electrons. The summed E-state index contributed by atoms with van der Waals surface area (Å²) in [6, 6.07) is 15.1. The van der Waals surface area contributed by atoms with Crippen molar-refractivity contribution >= 4 is 17.5 Å². The lowest BCUT2D eigenvalue weighted by Crippen LogP contribution is -2.40. The van der Waals surface area contributed by atoms with Crippen molar-refractivity contribution in [2.45, 2.75) is 52.6 Å². The molecule has 1 saturated heterocycles. The number of hydrogen-bond donors (Lipinski definition) is 2. The molecule has 1 aromatic heterocycles. The summed E-state index contributed by atoms with van der Waals surface area (Å²) in [5.74, 6) is 0.673. The zero-order chi connectivity index (χ0) is 24.8. The Balaban J connectivity index is 1.38. The first-order valence-corrected chi connectivity index (χ1v) is 12.3. The van der Waals surface area contributed by atoms with Crippen LogP contribution >= 0.6 is 0 Å². The molecule has 0 spiro atoms. The van der Waals surface area contributed by atoms with E-state index >= 15 is 0 Å². The van der Waals surface area contributed by atoms with Crippen LogP contribution in [0.25, 0.3) is 11.4 Å². The van der Waals surface area contributed by atoms with E-state index < -0.39 is 0 Å². The fourth-order valence-electron chi connectivity index (χ4n) is 4.29. The van der Waals surface area contributed by atoms with E-state index in [-0.39, 0.29) is 23.8 Å². The number of rotatable bonds is 8. The number of anilines is 1. The van der Waals surface area contributed by atoms with Crippen molar-refractivity contribution in [3.05, 3.63) is 65.5 Å². The van der Waals surface area contributed by atoms with E-state index in [0.29, 0.717) is 36.1 Å². The number of carbonyl (C=O) groups is 2. The molecule has 0 saturated carbocycles. The van der Waals surface area contributed by atoms with Crippen LogP contribution in [0, 0.1) is 12.8 Å². The maximum atomic E-state index is 13.1. The highest BCUT2D eigenvalue weighted by molar-refractivity contribution is 6.04. The SMILES string of the molecule is CCC(C)NC(=O)c1ccccc1NC(=O)C1CCCN(Cc2nc(-c3ccccc3C)no2)C1. The zero-order valence-corrected chi connectivity index (χ0v) is 20.6. The summed E-state index contributed by atoms with van der Waals surface area (Å²) in [4.78, 5) is 32.5. The number of aryl methyl sites for hydroxylation is 1. The molecule has 0 aliphatic carbocycles. The molecule has 8 heteroatoms. The van der Waals surface area contributed by atoms with Gasteiger partial charge in [0.2, 0.25) is 17.6 Å². The first-order chi connectivity index (χ1) is 16.9. The second kappa shape index (κ2) is 11.3. The minimum Gasteiger partial charge on any atom is -0.350 e. The van der Waals surface area contributed by atoms with Gasteiger partial charge in [-0.3, -0.25) is 14.5 Å². The first kappa shape index (κ1) is 24.6. The number of aromatic nitrogens is 2. The monoisotopic (exact) mass is 475 g/mol. The number of carbonyl (C=O) groups excluding carboxylic acids is 2. The van der Waals surface area contributed by atoms with Gasteiger partial charge in [0.05, 0.1) is 23.7 Å². The molecule has 0 bridgehead atoms. The fraction of sp³-hybridized carbons (Fsp3) is 0.407. The van der Waals surface area contributed by atoms with Gasteiger partial charge in [-0.05, 0) is 57.4 Å². The molecular formula is C27H33N5O3. The van der Waals surface area contributed by atoms with Crippen LogP contribution in [-0.2, 0) is 11.3 Å². The molecule has 0 radical (unpaired) electrons. The van der Waals surface area contributed by atoms with Gasteiger partial charge in [-0.1, -0.05) is 48.5 Å². The van der Waals surface area contributed by atoms with Gasteiger partial charge in [0.25, 0.3) is 5.91 Å². The zero-order valence-electron chi connectivity index (χ0n) is 20.6. The van der Waals surface area contributed by atoms with Crippen LogP contribution in [-0.4, -0.2) is 46.0 Å². The second-order valence-corrected chi connectivity index (χ2v) is 9.22. The average molecular weight is 476 g/mol. The Bertz CT molecular complexity index is 1170. The van der Waals surface area contributed by atoms with Gasteiger partial charge in [0, 0.05) is 18.2 Å². The Hall–Kier alpha value is -3.52. The maximum Gasteiger partial charge on any atom is 0.253 e. The summed E-state index contributed by atoms with van der Waals surface area (Å²) in [6.45, 7) is 7.95. The summed E-state index contributed by atoms with van der Waals surface area (Å²) in [5, 5.41) is 10.1. The lowest BCUT2D eigenvalue weighted by Gasteiger charge is -2.31. The van der Waals surface area contributed by atoms with Crippen molar-refractivity contribution in [3.63, 3.8) is 0 Å². The number of nitrogens with one attached hydrogen (secondary N) is 2. The lowest BCUT2D eigenvalue weighted by atomic mass is 9.96. The van der Waals surface area contributed by atoms with Crippen molar-refractivity contribution in [2.75, 3.05) is 18.4 Å². The summed E-state index contributed by atoms with van der Waals surface area (Å²) in [6.07, 6.45) is 2.53. The third kappa shape index (κ3) is 6.14. The molecule has 2 amide bonds. The van der Waals surface area contributed by atoms with Gasteiger partial charge < -0.3 is 15.2 Å². The number of hydrogen-bond acceptors (Lipinski definition) is 6. The highest BCUT2D eigenvalue weighted by Crippen LogP contribution is 2.24. The van der Waals surface area contributed by atoms with Gasteiger partial charge in [-0.15, -0.1) is 0 Å². The van der Waals surface area contributed by atoms with Crippen LogP contribution in [0.1, 0.15) is 54.9 Å². The van der Waals surface area contributed by atoms with Crippen LogP contribution in [0.4, 0.5) is 5.69 Å². The number of amides is 2. The largest absolute Gasteiger partial charge is 0.350 e. The Morgan fingerprint density at radius 2 is 1.94 bits per heavy atom. The molecule has 2 unspecified atom stereocenters. The summed E-state index contributed by atoms with van der Waals surface area (Å²) in [7, 11) is 0. The van der Waals surface area contributed by atoms with Gasteiger partial charge in [-0.25, -0.2) is 0 Å². The minimum atomic E-state index is -0.187. The van der Waals surface area contributed by atoms with E-state index in [1.54, 1.807) is 18.2 Å². The highest BCUT2D eigenvalue weighted by atomic mass is 16.5. The molecule has 1 aliphatic heterocycles. The molecule has 35 heavy (non-hydrogen) atoms. The van der Waals surface area contributed by atoms with Gasteiger partial charge in [0.15, 0.2) is 0 Å². The van der Waals surface area contributed by atoms with E-state index in [1.807, 2.05) is 51.1 Å². The highest BCUT2D eigenvalue weighted by Gasteiger charge is 2.28.